The molecule has 0 unspecified atom stereocenters. The fraction of sp³-hybridized carbons (Fsp3) is 0.500. The highest BCUT2D eigenvalue weighted by Crippen LogP contribution is 2.38. The summed E-state index contributed by atoms with van der Waals surface area (Å²) >= 11 is 0. The van der Waals surface area contributed by atoms with Crippen LogP contribution in [-0.4, -0.2) is 23.8 Å². The van der Waals surface area contributed by atoms with Crippen molar-refractivity contribution in [1.82, 2.24) is 0 Å². The molecule has 0 aromatic heterocycles. The Kier molecular flexibility index (Phi) is 3.59. The Labute approximate surface area is 119 Å². The highest BCUT2D eigenvalue weighted by atomic mass is 16.5. The van der Waals surface area contributed by atoms with Gasteiger partial charge in [0.25, 0.3) is 0 Å². The van der Waals surface area contributed by atoms with Crippen molar-refractivity contribution in [1.29, 1.82) is 0 Å². The monoisotopic (exact) mass is 275 g/mol. The average Bonchev–Trinajstić information content (AvgIpc) is 2.35. The molecule has 20 heavy (non-hydrogen) atoms. The van der Waals surface area contributed by atoms with E-state index in [0.29, 0.717) is 23.5 Å². The van der Waals surface area contributed by atoms with Gasteiger partial charge >= 0.3 is 0 Å². The predicted molar refractivity (Wildman–Crippen MR) is 78.3 cm³/mol. The van der Waals surface area contributed by atoms with Crippen molar-refractivity contribution >= 4 is 17.4 Å². The summed E-state index contributed by atoms with van der Waals surface area (Å²) in [7, 11) is 0. The maximum absolute atomic E-state index is 12.4. The van der Waals surface area contributed by atoms with Gasteiger partial charge < -0.3 is 9.64 Å². The zero-order valence-electron chi connectivity index (χ0n) is 12.7. The lowest BCUT2D eigenvalue weighted by molar-refractivity contribution is -0.122. The van der Waals surface area contributed by atoms with E-state index in [0.717, 1.165) is 0 Å². The van der Waals surface area contributed by atoms with E-state index in [1.54, 1.807) is 23.1 Å². The molecule has 0 N–H and O–H groups in total. The normalized spacial score (nSPS) is 16.6. The van der Waals surface area contributed by atoms with Crippen molar-refractivity contribution in [2.45, 2.75) is 40.2 Å². The van der Waals surface area contributed by atoms with Crippen molar-refractivity contribution in [3.63, 3.8) is 0 Å². The van der Waals surface area contributed by atoms with E-state index in [9.17, 15) is 9.59 Å². The van der Waals surface area contributed by atoms with Crippen molar-refractivity contribution in [3.05, 3.63) is 23.8 Å². The number of hydrogen-bond donors (Lipinski definition) is 0. The summed E-state index contributed by atoms with van der Waals surface area (Å²) in [5, 5.41) is 0. The smallest absolute Gasteiger partial charge is 0.229 e. The fourth-order valence-electron chi connectivity index (χ4n) is 2.34. The predicted octanol–water partition coefficient (Wildman–Crippen LogP) is 3.05. The van der Waals surface area contributed by atoms with Crippen LogP contribution in [0.4, 0.5) is 5.69 Å². The van der Waals surface area contributed by atoms with E-state index in [-0.39, 0.29) is 17.6 Å². The number of ether oxygens (including phenoxy) is 1. The van der Waals surface area contributed by atoms with Crippen LogP contribution in [0.3, 0.4) is 0 Å². The number of amides is 1. The van der Waals surface area contributed by atoms with Crippen molar-refractivity contribution in [2.75, 3.05) is 11.4 Å². The fourth-order valence-corrected chi connectivity index (χ4v) is 2.34. The van der Waals surface area contributed by atoms with Gasteiger partial charge in [-0.25, -0.2) is 0 Å². The molecule has 0 fully saturated rings. The second-order valence-electron chi connectivity index (χ2n) is 6.18. The van der Waals surface area contributed by atoms with E-state index in [1.165, 1.54) is 6.92 Å². The molecule has 1 amide bonds. The average molecular weight is 275 g/mol. The highest BCUT2D eigenvalue weighted by Gasteiger charge is 2.35. The molecule has 1 heterocycles. The first kappa shape index (κ1) is 14.6. The molecule has 1 aromatic carbocycles. The maximum atomic E-state index is 12.4. The molecule has 0 atom stereocenters. The van der Waals surface area contributed by atoms with Crippen LogP contribution in [0.1, 0.15) is 45.0 Å². The minimum Gasteiger partial charge on any atom is -0.484 e. The molecule has 0 saturated heterocycles. The molecular formula is C16H21NO3. The summed E-state index contributed by atoms with van der Waals surface area (Å²) in [5.74, 6) is 0.580. The Morgan fingerprint density at radius 1 is 1.30 bits per heavy atom. The third-order valence-corrected chi connectivity index (χ3v) is 3.34. The van der Waals surface area contributed by atoms with Gasteiger partial charge in [0.2, 0.25) is 5.91 Å². The zero-order valence-corrected chi connectivity index (χ0v) is 12.7. The van der Waals surface area contributed by atoms with Crippen LogP contribution in [0.5, 0.6) is 5.75 Å². The Balaban J connectivity index is 2.52. The van der Waals surface area contributed by atoms with Gasteiger partial charge in [0.1, 0.15) is 11.4 Å². The van der Waals surface area contributed by atoms with Gasteiger partial charge in [0.05, 0.1) is 12.2 Å². The van der Waals surface area contributed by atoms with E-state index >= 15 is 0 Å². The van der Waals surface area contributed by atoms with E-state index in [2.05, 4.69) is 0 Å². The third kappa shape index (κ3) is 2.69. The van der Waals surface area contributed by atoms with Gasteiger partial charge in [-0.15, -0.1) is 0 Å². The first-order chi connectivity index (χ1) is 9.21. The Morgan fingerprint density at radius 3 is 2.50 bits per heavy atom. The molecule has 4 nitrogen and oxygen atoms in total. The number of carbonyl (C=O) groups is 2. The summed E-state index contributed by atoms with van der Waals surface area (Å²) in [6, 6.07) is 5.25. The van der Waals surface area contributed by atoms with Gasteiger partial charge in [-0.2, -0.15) is 0 Å². The largest absolute Gasteiger partial charge is 0.484 e. The van der Waals surface area contributed by atoms with Crippen LogP contribution >= 0.6 is 0 Å². The zero-order chi connectivity index (χ0) is 15.1. The summed E-state index contributed by atoms with van der Waals surface area (Å²) in [4.78, 5) is 25.7. The molecule has 0 spiro atoms. The summed E-state index contributed by atoms with van der Waals surface area (Å²) in [6.07, 6.45) is 0. The highest BCUT2D eigenvalue weighted by molar-refractivity contribution is 6.00. The number of carbonyl (C=O) groups excluding carboxylic acids is 2. The summed E-state index contributed by atoms with van der Waals surface area (Å²) in [5.41, 5.74) is 0.847. The minimum absolute atomic E-state index is 0.0189. The van der Waals surface area contributed by atoms with Gasteiger partial charge in [-0.05, 0) is 39.0 Å². The van der Waals surface area contributed by atoms with Crippen molar-refractivity contribution < 1.29 is 14.3 Å². The standard InChI is InChI=1S/C16H21NO3/c1-10(2)15(19)17-9-16(4,5)20-14-7-6-12(11(3)18)8-13(14)17/h6-8,10H,9H2,1-5H3. The van der Waals surface area contributed by atoms with Gasteiger partial charge in [0, 0.05) is 11.5 Å². The summed E-state index contributed by atoms with van der Waals surface area (Å²) in [6.45, 7) is 9.66. The van der Waals surface area contributed by atoms with Crippen LogP contribution in [0.25, 0.3) is 0 Å². The van der Waals surface area contributed by atoms with E-state index in [1.807, 2.05) is 27.7 Å². The first-order valence-corrected chi connectivity index (χ1v) is 6.86. The SMILES string of the molecule is CC(=O)c1ccc2c(c1)N(C(=O)C(C)C)CC(C)(C)O2. The molecule has 1 aliphatic heterocycles. The number of ketones is 1. The molecule has 0 saturated carbocycles. The van der Waals surface area contributed by atoms with Crippen LogP contribution < -0.4 is 9.64 Å². The molecule has 1 aliphatic rings. The number of Topliss-reactive ketones (excluding diaryl/α,β-unsaturated/α-hetero) is 1. The number of rotatable bonds is 2. The van der Waals surface area contributed by atoms with Gasteiger partial charge in [0.15, 0.2) is 5.78 Å². The molecule has 0 bridgehead atoms. The third-order valence-electron chi connectivity index (χ3n) is 3.34. The van der Waals surface area contributed by atoms with Crippen LogP contribution in [-0.2, 0) is 4.79 Å². The molecule has 108 valence electrons. The topological polar surface area (TPSA) is 46.6 Å². The Morgan fingerprint density at radius 2 is 1.95 bits per heavy atom. The van der Waals surface area contributed by atoms with E-state index < -0.39 is 5.60 Å². The van der Waals surface area contributed by atoms with Crippen LogP contribution in [0.15, 0.2) is 18.2 Å². The number of hydrogen-bond acceptors (Lipinski definition) is 3. The lowest BCUT2D eigenvalue weighted by Crippen LogP contribution is -2.50. The van der Waals surface area contributed by atoms with Crippen molar-refractivity contribution in [2.24, 2.45) is 5.92 Å². The Bertz CT molecular complexity index is 561. The lowest BCUT2D eigenvalue weighted by Gasteiger charge is -2.40. The molecular weight excluding hydrogens is 254 g/mol. The molecule has 0 radical (unpaired) electrons. The van der Waals surface area contributed by atoms with Crippen LogP contribution in [0, 0.1) is 5.92 Å². The van der Waals surface area contributed by atoms with Gasteiger partial charge in [-0.3, -0.25) is 9.59 Å². The second kappa shape index (κ2) is 4.93. The van der Waals surface area contributed by atoms with Crippen LogP contribution in [0.2, 0.25) is 0 Å². The first-order valence-electron chi connectivity index (χ1n) is 6.86. The minimum atomic E-state index is -0.435. The molecule has 4 heteroatoms. The number of anilines is 1. The quantitative estimate of drug-likeness (QED) is 0.779. The lowest BCUT2D eigenvalue weighted by atomic mass is 10.0. The molecule has 1 aromatic rings. The van der Waals surface area contributed by atoms with E-state index in [4.69, 9.17) is 4.74 Å². The second-order valence-corrected chi connectivity index (χ2v) is 6.18. The number of fused-ring (bicyclic) bond motifs is 1. The van der Waals surface area contributed by atoms with Gasteiger partial charge in [-0.1, -0.05) is 13.8 Å². The maximum Gasteiger partial charge on any atom is 0.229 e. The number of benzene rings is 1. The number of nitrogens with zero attached hydrogens (tertiary/aromatic N) is 1. The van der Waals surface area contributed by atoms with Crippen molar-refractivity contribution in [3.8, 4) is 5.75 Å². The summed E-state index contributed by atoms with van der Waals surface area (Å²) < 4.78 is 5.91. The molecule has 0 aliphatic carbocycles. The molecule has 2 rings (SSSR count). The Hall–Kier alpha value is -1.84.